The van der Waals surface area contributed by atoms with Gasteiger partial charge in [-0.15, -0.1) is 12.4 Å². The largest absolute Gasteiger partial charge is 0.497 e. The summed E-state index contributed by atoms with van der Waals surface area (Å²) in [6.07, 6.45) is 6.92. The van der Waals surface area contributed by atoms with Gasteiger partial charge < -0.3 is 15.0 Å². The molecule has 0 saturated heterocycles. The van der Waals surface area contributed by atoms with Crippen LogP contribution >= 0.6 is 12.4 Å². The zero-order valence-electron chi connectivity index (χ0n) is 17.8. The van der Waals surface area contributed by atoms with Gasteiger partial charge in [0.05, 0.1) is 18.5 Å². The molecule has 160 valence electrons. The second kappa shape index (κ2) is 14.0. The molecule has 1 N–H and O–H groups in total. The molecule has 5 nitrogen and oxygen atoms in total. The number of benzene rings is 1. The number of ether oxygens (including phenoxy) is 1. The Morgan fingerprint density at radius 2 is 1.79 bits per heavy atom. The van der Waals surface area contributed by atoms with Crippen molar-refractivity contribution in [1.29, 1.82) is 0 Å². The van der Waals surface area contributed by atoms with Crippen LogP contribution in [-0.4, -0.2) is 42.5 Å². The maximum Gasteiger partial charge on any atom is 0.225 e. The number of rotatable bonds is 12. The summed E-state index contributed by atoms with van der Waals surface area (Å²) in [6, 6.07) is 11.4. The lowest BCUT2D eigenvalue weighted by Crippen LogP contribution is -2.30. The summed E-state index contributed by atoms with van der Waals surface area (Å²) in [7, 11) is 1.63. The van der Waals surface area contributed by atoms with Gasteiger partial charge in [0.2, 0.25) is 5.91 Å². The predicted molar refractivity (Wildman–Crippen MR) is 123 cm³/mol. The van der Waals surface area contributed by atoms with E-state index in [1.165, 1.54) is 25.7 Å². The summed E-state index contributed by atoms with van der Waals surface area (Å²) in [5.74, 6) is 0.728. The molecule has 1 amide bonds. The first-order valence-electron chi connectivity index (χ1n) is 10.3. The molecule has 0 aliphatic rings. The SMILES string of the molecule is CCCCN(CCCC)CCC(=O)Nc1cc(OC)ccc1-c1ccccn1.Cl. The van der Waals surface area contributed by atoms with E-state index < -0.39 is 0 Å². The Kier molecular flexibility index (Phi) is 12.0. The first kappa shape index (κ1) is 24.9. The van der Waals surface area contributed by atoms with E-state index in [0.29, 0.717) is 12.2 Å². The van der Waals surface area contributed by atoms with E-state index in [1.807, 2.05) is 36.4 Å². The van der Waals surface area contributed by atoms with Crippen LogP contribution in [0.4, 0.5) is 5.69 Å². The van der Waals surface area contributed by atoms with Crippen molar-refractivity contribution in [3.05, 3.63) is 42.6 Å². The number of pyridine rings is 1. The monoisotopic (exact) mass is 419 g/mol. The van der Waals surface area contributed by atoms with Crippen LogP contribution in [0.5, 0.6) is 5.75 Å². The molecule has 1 aromatic heterocycles. The van der Waals surface area contributed by atoms with Gasteiger partial charge in [-0.05, 0) is 50.2 Å². The second-order valence-corrected chi connectivity index (χ2v) is 6.97. The van der Waals surface area contributed by atoms with E-state index in [1.54, 1.807) is 13.3 Å². The minimum Gasteiger partial charge on any atom is -0.497 e. The van der Waals surface area contributed by atoms with Crippen molar-refractivity contribution in [3.8, 4) is 17.0 Å². The zero-order chi connectivity index (χ0) is 20.2. The molecule has 0 radical (unpaired) electrons. The topological polar surface area (TPSA) is 54.5 Å². The molecule has 0 aliphatic carbocycles. The van der Waals surface area contributed by atoms with Gasteiger partial charge in [0.15, 0.2) is 0 Å². The number of carbonyl (C=O) groups excluding carboxylic acids is 1. The number of anilines is 1. The molecule has 0 bridgehead atoms. The van der Waals surface area contributed by atoms with Crippen LogP contribution < -0.4 is 10.1 Å². The van der Waals surface area contributed by atoms with Crippen molar-refractivity contribution in [1.82, 2.24) is 9.88 Å². The molecule has 2 rings (SSSR count). The smallest absolute Gasteiger partial charge is 0.225 e. The van der Waals surface area contributed by atoms with E-state index in [-0.39, 0.29) is 18.3 Å². The fourth-order valence-electron chi connectivity index (χ4n) is 3.07. The fraction of sp³-hybridized carbons (Fsp3) is 0.478. The normalized spacial score (nSPS) is 10.5. The number of unbranched alkanes of at least 4 members (excludes halogenated alkanes) is 2. The van der Waals surface area contributed by atoms with Crippen molar-refractivity contribution in [2.45, 2.75) is 46.0 Å². The van der Waals surface area contributed by atoms with Crippen molar-refractivity contribution in [2.75, 3.05) is 32.1 Å². The van der Waals surface area contributed by atoms with Crippen LogP contribution in [0, 0.1) is 0 Å². The second-order valence-electron chi connectivity index (χ2n) is 6.97. The van der Waals surface area contributed by atoms with Gasteiger partial charge in [-0.25, -0.2) is 0 Å². The lowest BCUT2D eigenvalue weighted by atomic mass is 10.1. The first-order valence-corrected chi connectivity index (χ1v) is 10.3. The number of nitrogens with one attached hydrogen (secondary N) is 1. The molecule has 1 aromatic carbocycles. The quantitative estimate of drug-likeness (QED) is 0.499. The fourth-order valence-corrected chi connectivity index (χ4v) is 3.07. The van der Waals surface area contributed by atoms with Gasteiger partial charge in [0.25, 0.3) is 0 Å². The van der Waals surface area contributed by atoms with Crippen molar-refractivity contribution in [3.63, 3.8) is 0 Å². The summed E-state index contributed by atoms with van der Waals surface area (Å²) >= 11 is 0. The minimum atomic E-state index is 0. The number of amides is 1. The van der Waals surface area contributed by atoms with Crippen molar-refractivity contribution < 1.29 is 9.53 Å². The van der Waals surface area contributed by atoms with Crippen LogP contribution in [0.1, 0.15) is 46.0 Å². The van der Waals surface area contributed by atoms with Crippen LogP contribution in [-0.2, 0) is 4.79 Å². The molecule has 2 aromatic rings. The zero-order valence-corrected chi connectivity index (χ0v) is 18.6. The number of halogens is 1. The molecule has 0 atom stereocenters. The Morgan fingerprint density at radius 1 is 1.07 bits per heavy atom. The van der Waals surface area contributed by atoms with E-state index in [2.05, 4.69) is 29.0 Å². The van der Waals surface area contributed by atoms with Crippen molar-refractivity contribution in [2.24, 2.45) is 0 Å². The summed E-state index contributed by atoms with van der Waals surface area (Å²) in [4.78, 5) is 19.5. The molecule has 0 spiro atoms. The Balaban J connectivity index is 0.00000420. The highest BCUT2D eigenvalue weighted by Gasteiger charge is 2.13. The van der Waals surface area contributed by atoms with Gasteiger partial charge in [-0.1, -0.05) is 32.8 Å². The van der Waals surface area contributed by atoms with E-state index in [0.717, 1.165) is 36.6 Å². The standard InChI is InChI=1S/C23H33N3O2.ClH/c1-4-6-15-26(16-7-5-2)17-13-23(27)25-22-18-19(28-3)11-12-20(22)21-10-8-9-14-24-21;/h8-12,14,18H,4-7,13,15-17H2,1-3H3,(H,25,27);1H. The lowest BCUT2D eigenvalue weighted by molar-refractivity contribution is -0.116. The van der Waals surface area contributed by atoms with Gasteiger partial charge in [0, 0.05) is 30.8 Å². The predicted octanol–water partition coefficient (Wildman–Crippen LogP) is 5.41. The van der Waals surface area contributed by atoms with Gasteiger partial charge in [-0.2, -0.15) is 0 Å². The number of aromatic nitrogens is 1. The van der Waals surface area contributed by atoms with Crippen LogP contribution in [0.25, 0.3) is 11.3 Å². The van der Waals surface area contributed by atoms with Crippen LogP contribution in [0.3, 0.4) is 0 Å². The summed E-state index contributed by atoms with van der Waals surface area (Å²) in [5, 5.41) is 3.07. The average molecular weight is 420 g/mol. The number of hydrogen-bond acceptors (Lipinski definition) is 4. The number of hydrogen-bond donors (Lipinski definition) is 1. The Labute approximate surface area is 181 Å². The summed E-state index contributed by atoms with van der Waals surface area (Å²) in [6.45, 7) is 7.30. The summed E-state index contributed by atoms with van der Waals surface area (Å²) < 4.78 is 5.33. The number of methoxy groups -OCH3 is 1. The Morgan fingerprint density at radius 3 is 2.38 bits per heavy atom. The molecule has 0 aliphatic heterocycles. The highest BCUT2D eigenvalue weighted by molar-refractivity contribution is 5.95. The maximum absolute atomic E-state index is 12.6. The Bertz CT molecular complexity index is 717. The van der Waals surface area contributed by atoms with Gasteiger partial charge in [0.1, 0.15) is 5.75 Å². The molecule has 0 saturated carbocycles. The molecule has 1 heterocycles. The minimum absolute atomic E-state index is 0. The average Bonchev–Trinajstić information content (AvgIpc) is 2.73. The molecule has 0 unspecified atom stereocenters. The maximum atomic E-state index is 12.6. The molecular formula is C23H34ClN3O2. The molecule has 6 heteroatoms. The van der Waals surface area contributed by atoms with E-state index in [9.17, 15) is 4.79 Å². The van der Waals surface area contributed by atoms with Crippen LogP contribution in [0.15, 0.2) is 42.6 Å². The number of carbonyl (C=O) groups is 1. The van der Waals surface area contributed by atoms with Gasteiger partial charge in [-0.3, -0.25) is 9.78 Å². The molecule has 0 fully saturated rings. The molecule has 29 heavy (non-hydrogen) atoms. The highest BCUT2D eigenvalue weighted by Crippen LogP contribution is 2.30. The van der Waals surface area contributed by atoms with E-state index in [4.69, 9.17) is 4.74 Å². The third-order valence-electron chi connectivity index (χ3n) is 4.75. The lowest BCUT2D eigenvalue weighted by Gasteiger charge is -2.21. The third kappa shape index (κ3) is 8.42. The highest BCUT2D eigenvalue weighted by atomic mass is 35.5. The summed E-state index contributed by atoms with van der Waals surface area (Å²) in [5.41, 5.74) is 2.45. The first-order chi connectivity index (χ1) is 13.7. The van der Waals surface area contributed by atoms with Crippen LogP contribution in [0.2, 0.25) is 0 Å². The Hall–Kier alpha value is -2.11. The molecular weight excluding hydrogens is 386 g/mol. The van der Waals surface area contributed by atoms with Crippen molar-refractivity contribution >= 4 is 24.0 Å². The number of nitrogens with zero attached hydrogens (tertiary/aromatic N) is 2. The van der Waals surface area contributed by atoms with E-state index >= 15 is 0 Å². The van der Waals surface area contributed by atoms with Gasteiger partial charge >= 0.3 is 0 Å². The third-order valence-corrected chi connectivity index (χ3v) is 4.75.